The largest absolute Gasteiger partial charge is 0.368 e. The molecule has 1 fully saturated rings. The zero-order chi connectivity index (χ0) is 21.5. The Morgan fingerprint density at radius 1 is 1.10 bits per heavy atom. The fourth-order valence-corrected chi connectivity index (χ4v) is 3.63. The standard InChI is InChI=1S/C22H30N6O2/c1-4-24-22(30)26-18-7-5-6-17(14-18)15-27-10-12-28(13-11-27)20-9-8-19(21(29)23-3)25-16(20)2/h5-9,14H,4,10-13,15H2,1-3H3,(H,23,29)(H2,24,26,30). The molecule has 1 saturated heterocycles. The van der Waals surface area contributed by atoms with Crippen molar-refractivity contribution in [3.05, 3.63) is 53.3 Å². The maximum absolute atomic E-state index is 11.8. The lowest BCUT2D eigenvalue weighted by Gasteiger charge is -2.36. The summed E-state index contributed by atoms with van der Waals surface area (Å²) in [4.78, 5) is 32.7. The van der Waals surface area contributed by atoms with Crippen LogP contribution in [0.15, 0.2) is 36.4 Å². The maximum Gasteiger partial charge on any atom is 0.319 e. The van der Waals surface area contributed by atoms with E-state index in [9.17, 15) is 9.59 Å². The summed E-state index contributed by atoms with van der Waals surface area (Å²) in [5.41, 5.74) is 4.36. The summed E-state index contributed by atoms with van der Waals surface area (Å²) in [7, 11) is 1.61. The van der Waals surface area contributed by atoms with Crippen molar-refractivity contribution in [3.8, 4) is 0 Å². The molecule has 3 rings (SSSR count). The predicted molar refractivity (Wildman–Crippen MR) is 119 cm³/mol. The summed E-state index contributed by atoms with van der Waals surface area (Å²) in [6.07, 6.45) is 0. The third-order valence-corrected chi connectivity index (χ3v) is 5.16. The highest BCUT2D eigenvalue weighted by Crippen LogP contribution is 2.21. The van der Waals surface area contributed by atoms with Crippen molar-refractivity contribution in [2.75, 3.05) is 50.0 Å². The number of pyridine rings is 1. The average molecular weight is 411 g/mol. The summed E-state index contributed by atoms with van der Waals surface area (Å²) in [5.74, 6) is -0.168. The molecule has 0 radical (unpaired) electrons. The van der Waals surface area contributed by atoms with Gasteiger partial charge < -0.3 is 20.9 Å². The van der Waals surface area contributed by atoms with Crippen LogP contribution in [0.3, 0.4) is 0 Å². The molecule has 2 heterocycles. The number of piperazine rings is 1. The van der Waals surface area contributed by atoms with Crippen molar-refractivity contribution in [1.29, 1.82) is 0 Å². The van der Waals surface area contributed by atoms with Gasteiger partial charge in [-0.15, -0.1) is 0 Å². The lowest BCUT2D eigenvalue weighted by molar-refractivity contribution is 0.0958. The Hall–Kier alpha value is -3.13. The van der Waals surface area contributed by atoms with E-state index in [2.05, 4.69) is 36.8 Å². The van der Waals surface area contributed by atoms with E-state index in [1.807, 2.05) is 38.1 Å². The minimum absolute atomic E-state index is 0.168. The molecule has 160 valence electrons. The van der Waals surface area contributed by atoms with Crippen LogP contribution >= 0.6 is 0 Å². The van der Waals surface area contributed by atoms with E-state index in [1.54, 1.807) is 13.1 Å². The first-order chi connectivity index (χ1) is 14.5. The topological polar surface area (TPSA) is 89.6 Å². The van der Waals surface area contributed by atoms with Crippen LogP contribution in [-0.2, 0) is 6.54 Å². The molecule has 3 amide bonds. The second kappa shape index (κ2) is 10.1. The van der Waals surface area contributed by atoms with Crippen LogP contribution in [0.4, 0.5) is 16.2 Å². The maximum atomic E-state index is 11.8. The lowest BCUT2D eigenvalue weighted by Crippen LogP contribution is -2.46. The Labute approximate surface area is 177 Å². The van der Waals surface area contributed by atoms with Gasteiger partial charge in [0.2, 0.25) is 0 Å². The molecule has 0 saturated carbocycles. The van der Waals surface area contributed by atoms with Gasteiger partial charge in [-0.1, -0.05) is 12.1 Å². The molecule has 1 aliphatic rings. The van der Waals surface area contributed by atoms with E-state index in [0.29, 0.717) is 12.2 Å². The fraction of sp³-hybridized carbons (Fsp3) is 0.409. The van der Waals surface area contributed by atoms with E-state index < -0.39 is 0 Å². The molecular formula is C22H30N6O2. The minimum Gasteiger partial charge on any atom is -0.368 e. The highest BCUT2D eigenvalue weighted by atomic mass is 16.2. The molecule has 0 bridgehead atoms. The molecule has 0 atom stereocenters. The summed E-state index contributed by atoms with van der Waals surface area (Å²) in [6.45, 7) is 8.95. The number of carbonyl (C=O) groups is 2. The number of hydrogen-bond donors (Lipinski definition) is 3. The van der Waals surface area contributed by atoms with Gasteiger partial charge in [0.15, 0.2) is 0 Å². The number of amides is 3. The van der Waals surface area contributed by atoms with E-state index in [0.717, 1.165) is 49.8 Å². The van der Waals surface area contributed by atoms with E-state index in [4.69, 9.17) is 0 Å². The van der Waals surface area contributed by atoms with E-state index in [1.165, 1.54) is 5.56 Å². The van der Waals surface area contributed by atoms with Crippen LogP contribution in [0, 0.1) is 6.92 Å². The second-order valence-corrected chi connectivity index (χ2v) is 7.33. The number of urea groups is 1. The van der Waals surface area contributed by atoms with Gasteiger partial charge in [-0.2, -0.15) is 0 Å². The van der Waals surface area contributed by atoms with Gasteiger partial charge in [-0.05, 0) is 43.7 Å². The monoisotopic (exact) mass is 410 g/mol. The molecule has 1 aliphatic heterocycles. The van der Waals surface area contributed by atoms with Crippen molar-refractivity contribution in [1.82, 2.24) is 20.5 Å². The van der Waals surface area contributed by atoms with Gasteiger partial charge in [0.25, 0.3) is 5.91 Å². The SMILES string of the molecule is CCNC(=O)Nc1cccc(CN2CCN(c3ccc(C(=O)NC)nc3C)CC2)c1. The molecule has 1 aromatic heterocycles. The van der Waals surface area contributed by atoms with Gasteiger partial charge in [0.1, 0.15) is 5.69 Å². The first-order valence-electron chi connectivity index (χ1n) is 10.3. The van der Waals surface area contributed by atoms with Crippen molar-refractivity contribution in [2.24, 2.45) is 0 Å². The number of nitrogens with one attached hydrogen (secondary N) is 3. The highest BCUT2D eigenvalue weighted by molar-refractivity contribution is 5.92. The number of anilines is 2. The molecular weight excluding hydrogens is 380 g/mol. The van der Waals surface area contributed by atoms with Crippen molar-refractivity contribution < 1.29 is 9.59 Å². The fourth-order valence-electron chi connectivity index (χ4n) is 3.63. The van der Waals surface area contributed by atoms with Crippen LogP contribution < -0.4 is 20.9 Å². The van der Waals surface area contributed by atoms with Gasteiger partial charge in [-0.3, -0.25) is 9.69 Å². The Morgan fingerprint density at radius 3 is 2.53 bits per heavy atom. The number of aromatic nitrogens is 1. The first-order valence-corrected chi connectivity index (χ1v) is 10.3. The Kier molecular flexibility index (Phi) is 7.24. The van der Waals surface area contributed by atoms with Gasteiger partial charge >= 0.3 is 6.03 Å². The Bertz CT molecular complexity index is 893. The number of hydrogen-bond acceptors (Lipinski definition) is 5. The Morgan fingerprint density at radius 2 is 1.87 bits per heavy atom. The second-order valence-electron chi connectivity index (χ2n) is 7.33. The number of carbonyl (C=O) groups excluding carboxylic acids is 2. The lowest BCUT2D eigenvalue weighted by atomic mass is 10.1. The van der Waals surface area contributed by atoms with Gasteiger partial charge in [-0.25, -0.2) is 9.78 Å². The molecule has 8 heteroatoms. The van der Waals surface area contributed by atoms with Crippen LogP contribution in [0.2, 0.25) is 0 Å². The quantitative estimate of drug-likeness (QED) is 0.679. The predicted octanol–water partition coefficient (Wildman–Crippen LogP) is 2.21. The van der Waals surface area contributed by atoms with Crippen molar-refractivity contribution in [3.63, 3.8) is 0 Å². The zero-order valence-corrected chi connectivity index (χ0v) is 17.9. The third kappa shape index (κ3) is 5.48. The molecule has 0 unspecified atom stereocenters. The molecule has 3 N–H and O–H groups in total. The van der Waals surface area contributed by atoms with Crippen molar-refractivity contribution in [2.45, 2.75) is 20.4 Å². The molecule has 1 aromatic carbocycles. The molecule has 0 spiro atoms. The third-order valence-electron chi connectivity index (χ3n) is 5.16. The number of rotatable bonds is 6. The summed E-state index contributed by atoms with van der Waals surface area (Å²) in [5, 5.41) is 8.21. The van der Waals surface area contributed by atoms with E-state index in [-0.39, 0.29) is 11.9 Å². The van der Waals surface area contributed by atoms with Crippen LogP contribution in [0.1, 0.15) is 28.7 Å². The van der Waals surface area contributed by atoms with Crippen LogP contribution in [-0.4, -0.2) is 61.6 Å². The normalized spacial score (nSPS) is 14.3. The van der Waals surface area contributed by atoms with Crippen molar-refractivity contribution >= 4 is 23.3 Å². The number of benzene rings is 1. The highest BCUT2D eigenvalue weighted by Gasteiger charge is 2.20. The molecule has 30 heavy (non-hydrogen) atoms. The summed E-state index contributed by atoms with van der Waals surface area (Å²) < 4.78 is 0. The summed E-state index contributed by atoms with van der Waals surface area (Å²) >= 11 is 0. The van der Waals surface area contributed by atoms with Crippen LogP contribution in [0.25, 0.3) is 0 Å². The van der Waals surface area contributed by atoms with Gasteiger partial charge in [0, 0.05) is 52.0 Å². The van der Waals surface area contributed by atoms with Gasteiger partial charge in [0.05, 0.1) is 11.4 Å². The molecule has 8 nitrogen and oxygen atoms in total. The summed E-state index contributed by atoms with van der Waals surface area (Å²) in [6, 6.07) is 11.5. The smallest absolute Gasteiger partial charge is 0.319 e. The number of nitrogens with zero attached hydrogens (tertiary/aromatic N) is 3. The Balaban J connectivity index is 1.56. The molecule has 2 aromatic rings. The molecule has 0 aliphatic carbocycles. The number of aryl methyl sites for hydroxylation is 1. The minimum atomic E-state index is -0.185. The van der Waals surface area contributed by atoms with E-state index >= 15 is 0 Å². The zero-order valence-electron chi connectivity index (χ0n) is 17.9. The van der Waals surface area contributed by atoms with Crippen LogP contribution in [0.5, 0.6) is 0 Å². The first kappa shape index (κ1) is 21.6. The average Bonchev–Trinajstić information content (AvgIpc) is 2.74.